The highest BCUT2D eigenvalue weighted by atomic mass is 19.4. The highest BCUT2D eigenvalue weighted by Crippen LogP contribution is 2.42. The molecule has 15 heteroatoms. The van der Waals surface area contributed by atoms with Crippen LogP contribution < -0.4 is 0 Å². The van der Waals surface area contributed by atoms with Gasteiger partial charge in [-0.3, -0.25) is 4.79 Å². The quantitative estimate of drug-likeness (QED) is 0.248. The summed E-state index contributed by atoms with van der Waals surface area (Å²) >= 11 is 0. The van der Waals surface area contributed by atoms with E-state index in [1.807, 2.05) is 0 Å². The van der Waals surface area contributed by atoms with Gasteiger partial charge in [0, 0.05) is 24.7 Å². The summed E-state index contributed by atoms with van der Waals surface area (Å²) in [7, 11) is 0. The second kappa shape index (κ2) is 10.8. The van der Waals surface area contributed by atoms with E-state index in [2.05, 4.69) is 0 Å². The van der Waals surface area contributed by atoms with Gasteiger partial charge < -0.3 is 9.59 Å². The number of Topliss-reactive ketones (excluding diaryl/α,β-unsaturated/α-hetero) is 1. The Kier molecular flexibility index (Phi) is 8.74. The lowest BCUT2D eigenvalue weighted by molar-refractivity contribution is -0.144. The van der Waals surface area contributed by atoms with Crippen molar-refractivity contribution in [2.24, 2.45) is 0 Å². The Morgan fingerprint density at radius 3 is 0.947 bits per heavy atom. The maximum atomic E-state index is 13.3. The van der Waals surface area contributed by atoms with E-state index in [1.165, 1.54) is 0 Å². The monoisotopic (exact) mass is 566 g/mol. The zero-order valence-electron chi connectivity index (χ0n) is 18.4. The molecular weight excluding hydrogens is 552 g/mol. The van der Waals surface area contributed by atoms with Gasteiger partial charge in [-0.2, -0.15) is 52.7 Å². The maximum Gasteiger partial charge on any atom is 0.416 e. The van der Waals surface area contributed by atoms with Gasteiger partial charge in [0.1, 0.15) is 18.4 Å². The highest BCUT2D eigenvalue weighted by Gasteiger charge is 2.41. The summed E-state index contributed by atoms with van der Waals surface area (Å²) in [6.07, 6.45) is -23.8. The van der Waals surface area contributed by atoms with Crippen molar-refractivity contribution in [2.75, 3.05) is 0 Å². The SMILES string of the molecule is O=CCC(C(=O)C(CC=O)c1cc(C(F)(F)F)cc(C(F)(F)F)c1)c1cc(C(F)(F)F)cc(C(F)(F)F)c1. The Balaban J connectivity index is 2.78. The molecule has 0 aliphatic rings. The fourth-order valence-corrected chi connectivity index (χ4v) is 3.63. The zero-order chi connectivity index (χ0) is 29.3. The molecule has 0 saturated heterocycles. The lowest BCUT2D eigenvalue weighted by Gasteiger charge is -2.24. The average molecular weight is 566 g/mol. The number of ketones is 1. The lowest BCUT2D eigenvalue weighted by Crippen LogP contribution is -2.24. The van der Waals surface area contributed by atoms with E-state index in [0.29, 0.717) is 0 Å². The second-order valence-corrected chi connectivity index (χ2v) is 7.99. The van der Waals surface area contributed by atoms with Crippen LogP contribution in [0.4, 0.5) is 52.7 Å². The van der Waals surface area contributed by atoms with E-state index < -0.39 is 88.5 Å². The summed E-state index contributed by atoms with van der Waals surface area (Å²) in [5, 5.41) is 0. The molecule has 2 unspecified atom stereocenters. The standard InChI is InChI=1S/C23H14F12O3/c24-20(25,26)13-5-11(6-14(9-13)21(27,28)29)17(1-3-36)19(38)18(2-4-37)12-7-15(22(30,31)32)10-16(8-12)23(33,34)35/h3-10,17-18H,1-2H2. The second-order valence-electron chi connectivity index (χ2n) is 7.99. The third-order valence-corrected chi connectivity index (χ3v) is 5.38. The normalized spacial score (nSPS) is 14.6. The molecule has 0 heterocycles. The average Bonchev–Trinajstić information content (AvgIpc) is 2.77. The minimum atomic E-state index is -5.37. The molecule has 3 nitrogen and oxygen atoms in total. The van der Waals surface area contributed by atoms with Crippen LogP contribution in [-0.2, 0) is 39.1 Å². The number of rotatable bonds is 8. The fraction of sp³-hybridized carbons (Fsp3) is 0.348. The van der Waals surface area contributed by atoms with Crippen molar-refractivity contribution in [1.82, 2.24) is 0 Å². The first-order valence-corrected chi connectivity index (χ1v) is 10.2. The van der Waals surface area contributed by atoms with Crippen molar-refractivity contribution in [3.63, 3.8) is 0 Å². The number of halogens is 12. The number of benzene rings is 2. The third kappa shape index (κ3) is 7.34. The van der Waals surface area contributed by atoms with Crippen molar-refractivity contribution < 1.29 is 67.1 Å². The Morgan fingerprint density at radius 1 is 0.526 bits per heavy atom. The third-order valence-electron chi connectivity index (χ3n) is 5.38. The van der Waals surface area contributed by atoms with Crippen LogP contribution in [0.15, 0.2) is 36.4 Å². The Bertz CT molecular complexity index is 1030. The van der Waals surface area contributed by atoms with Crippen LogP contribution in [0, 0.1) is 0 Å². The fourth-order valence-electron chi connectivity index (χ4n) is 3.63. The molecule has 38 heavy (non-hydrogen) atoms. The molecule has 2 aromatic rings. The van der Waals surface area contributed by atoms with Crippen LogP contribution in [-0.4, -0.2) is 18.4 Å². The molecule has 0 amide bonds. The summed E-state index contributed by atoms with van der Waals surface area (Å²) < 4.78 is 159. The van der Waals surface area contributed by atoms with Gasteiger partial charge in [-0.05, 0) is 47.5 Å². The minimum Gasteiger partial charge on any atom is -0.303 e. The van der Waals surface area contributed by atoms with Crippen LogP contribution >= 0.6 is 0 Å². The van der Waals surface area contributed by atoms with Crippen molar-refractivity contribution >= 4 is 18.4 Å². The van der Waals surface area contributed by atoms with E-state index >= 15 is 0 Å². The molecule has 208 valence electrons. The smallest absolute Gasteiger partial charge is 0.303 e. The Hall–Kier alpha value is -3.39. The molecule has 0 aliphatic heterocycles. The first-order valence-electron chi connectivity index (χ1n) is 10.2. The predicted molar refractivity (Wildman–Crippen MR) is 105 cm³/mol. The molecule has 2 aromatic carbocycles. The topological polar surface area (TPSA) is 51.2 Å². The molecule has 0 radical (unpaired) electrons. The van der Waals surface area contributed by atoms with E-state index in [-0.39, 0.29) is 49.0 Å². The van der Waals surface area contributed by atoms with Gasteiger partial charge in [0.2, 0.25) is 0 Å². The number of alkyl halides is 12. The van der Waals surface area contributed by atoms with Crippen molar-refractivity contribution in [3.05, 3.63) is 69.8 Å². The number of hydrogen-bond donors (Lipinski definition) is 0. The van der Waals surface area contributed by atoms with Gasteiger partial charge in [0.05, 0.1) is 22.3 Å². The van der Waals surface area contributed by atoms with Crippen molar-refractivity contribution in [3.8, 4) is 0 Å². The molecule has 0 saturated carbocycles. The molecule has 0 N–H and O–H groups in total. The minimum absolute atomic E-state index is 0.0820. The van der Waals surface area contributed by atoms with Crippen molar-refractivity contribution in [2.45, 2.75) is 49.4 Å². The first kappa shape index (κ1) is 30.8. The number of carbonyl (C=O) groups is 3. The van der Waals surface area contributed by atoms with Crippen LogP contribution in [0.5, 0.6) is 0 Å². The Labute approximate surface area is 205 Å². The van der Waals surface area contributed by atoms with E-state index in [1.54, 1.807) is 0 Å². The summed E-state index contributed by atoms with van der Waals surface area (Å²) in [4.78, 5) is 35.6. The van der Waals surface area contributed by atoms with Gasteiger partial charge in [-0.15, -0.1) is 0 Å². The lowest BCUT2D eigenvalue weighted by atomic mass is 9.79. The van der Waals surface area contributed by atoms with E-state index in [4.69, 9.17) is 0 Å². The molecule has 2 rings (SSSR count). The van der Waals surface area contributed by atoms with Crippen LogP contribution in [0.3, 0.4) is 0 Å². The molecular formula is C23H14F12O3. The van der Waals surface area contributed by atoms with Crippen LogP contribution in [0.25, 0.3) is 0 Å². The number of aldehydes is 2. The summed E-state index contributed by atoms with van der Waals surface area (Å²) in [5.74, 6) is -5.89. The largest absolute Gasteiger partial charge is 0.416 e. The van der Waals surface area contributed by atoms with Crippen molar-refractivity contribution in [1.29, 1.82) is 0 Å². The molecule has 0 spiro atoms. The van der Waals surface area contributed by atoms with Crippen LogP contribution in [0.1, 0.15) is 58.1 Å². The van der Waals surface area contributed by atoms with Gasteiger partial charge >= 0.3 is 24.7 Å². The van der Waals surface area contributed by atoms with E-state index in [9.17, 15) is 67.1 Å². The molecule has 0 aliphatic carbocycles. The zero-order valence-corrected chi connectivity index (χ0v) is 18.4. The molecule has 2 atom stereocenters. The molecule has 0 bridgehead atoms. The highest BCUT2D eigenvalue weighted by molar-refractivity contribution is 5.95. The summed E-state index contributed by atoms with van der Waals surface area (Å²) in [6, 6.07) is -0.146. The predicted octanol–water partition coefficient (Wildman–Crippen LogP) is 7.38. The Morgan fingerprint density at radius 2 is 0.763 bits per heavy atom. The molecule has 0 fully saturated rings. The summed E-state index contributed by atoms with van der Waals surface area (Å²) in [5.41, 5.74) is -9.56. The first-order chi connectivity index (χ1) is 17.2. The molecule has 0 aromatic heterocycles. The van der Waals surface area contributed by atoms with Gasteiger partial charge in [0.15, 0.2) is 0 Å². The van der Waals surface area contributed by atoms with Gasteiger partial charge in [0.25, 0.3) is 0 Å². The van der Waals surface area contributed by atoms with Gasteiger partial charge in [-0.25, -0.2) is 0 Å². The number of carbonyl (C=O) groups excluding carboxylic acids is 3. The number of hydrogen-bond acceptors (Lipinski definition) is 3. The summed E-state index contributed by atoms with van der Waals surface area (Å²) in [6.45, 7) is 0. The van der Waals surface area contributed by atoms with Crippen LogP contribution in [0.2, 0.25) is 0 Å². The maximum absolute atomic E-state index is 13.3. The van der Waals surface area contributed by atoms with Gasteiger partial charge in [-0.1, -0.05) is 0 Å². The van der Waals surface area contributed by atoms with E-state index in [0.717, 1.165) is 0 Å².